The second-order valence-corrected chi connectivity index (χ2v) is 4.66. The Hall–Kier alpha value is -2.29. The predicted octanol–water partition coefficient (Wildman–Crippen LogP) is 1.68. The van der Waals surface area contributed by atoms with E-state index in [1.807, 2.05) is 6.07 Å². The van der Waals surface area contributed by atoms with Gasteiger partial charge in [-0.3, -0.25) is 4.98 Å². The van der Waals surface area contributed by atoms with Gasteiger partial charge in [0.05, 0.1) is 24.0 Å². The van der Waals surface area contributed by atoms with Crippen LogP contribution in [0.3, 0.4) is 0 Å². The first-order chi connectivity index (χ1) is 8.31. The average molecular weight is 249 g/mol. The number of alkyl carbamates (subject to hydrolysis) is 1. The minimum atomic E-state index is -0.565. The molecule has 0 saturated heterocycles. The van der Waals surface area contributed by atoms with Gasteiger partial charge in [-0.15, -0.1) is 0 Å². The van der Waals surface area contributed by atoms with Crippen LogP contribution in [-0.4, -0.2) is 21.8 Å². The van der Waals surface area contributed by atoms with Crippen LogP contribution in [0.5, 0.6) is 5.75 Å². The molecule has 0 atom stereocenters. The lowest BCUT2D eigenvalue weighted by Crippen LogP contribution is -2.32. The summed E-state index contributed by atoms with van der Waals surface area (Å²) in [5.74, 6) is -0.182. The number of hydrogen-bond acceptors (Lipinski definition) is 5. The molecule has 6 nitrogen and oxygen atoms in total. The molecular formula is C12H15N3O3. The number of nitrogens with one attached hydrogen (secondary N) is 1. The standard InChI is InChI=1S/C12H15N3O3/c1-12(2,3)18-11(17)15-6-9-4-8(5-13)10(16)7-14-9/h4,7,16H,6H2,1-3H3,(H,15,17). The molecule has 1 heterocycles. The molecule has 0 unspecified atom stereocenters. The van der Waals surface area contributed by atoms with Gasteiger partial charge in [-0.2, -0.15) is 5.26 Å². The zero-order valence-electron chi connectivity index (χ0n) is 10.5. The van der Waals surface area contributed by atoms with Crippen molar-refractivity contribution in [2.24, 2.45) is 0 Å². The second-order valence-electron chi connectivity index (χ2n) is 4.66. The van der Waals surface area contributed by atoms with Crippen molar-refractivity contribution in [3.63, 3.8) is 0 Å². The third-order valence-corrected chi connectivity index (χ3v) is 1.87. The predicted molar refractivity (Wildman–Crippen MR) is 63.7 cm³/mol. The number of nitrogens with zero attached hydrogens (tertiary/aromatic N) is 2. The summed E-state index contributed by atoms with van der Waals surface area (Å²) in [6.07, 6.45) is 0.612. The fourth-order valence-electron chi connectivity index (χ4n) is 1.15. The Balaban J connectivity index is 2.60. The van der Waals surface area contributed by atoms with E-state index in [1.54, 1.807) is 20.8 Å². The van der Waals surface area contributed by atoms with Crippen LogP contribution in [0.1, 0.15) is 32.0 Å². The first kappa shape index (κ1) is 13.8. The highest BCUT2D eigenvalue weighted by molar-refractivity contribution is 5.67. The zero-order chi connectivity index (χ0) is 13.8. The van der Waals surface area contributed by atoms with Crippen LogP contribution in [0.25, 0.3) is 0 Å². The van der Waals surface area contributed by atoms with Crippen LogP contribution in [-0.2, 0) is 11.3 Å². The molecule has 0 aliphatic carbocycles. The van der Waals surface area contributed by atoms with Gasteiger partial charge in [0.2, 0.25) is 0 Å². The Labute approximate surface area is 105 Å². The van der Waals surface area contributed by atoms with Crippen molar-refractivity contribution in [1.29, 1.82) is 5.26 Å². The largest absolute Gasteiger partial charge is 0.505 e. The van der Waals surface area contributed by atoms with Crippen LogP contribution in [0.4, 0.5) is 4.79 Å². The van der Waals surface area contributed by atoms with E-state index in [0.717, 1.165) is 0 Å². The first-order valence-electron chi connectivity index (χ1n) is 5.36. The molecular weight excluding hydrogens is 234 g/mol. The molecule has 96 valence electrons. The highest BCUT2D eigenvalue weighted by Crippen LogP contribution is 2.14. The second kappa shape index (κ2) is 5.36. The summed E-state index contributed by atoms with van der Waals surface area (Å²) in [6, 6.07) is 3.24. The molecule has 1 aromatic rings. The summed E-state index contributed by atoms with van der Waals surface area (Å²) in [7, 11) is 0. The van der Waals surface area contributed by atoms with Crippen molar-refractivity contribution >= 4 is 6.09 Å². The molecule has 0 saturated carbocycles. The van der Waals surface area contributed by atoms with Crippen molar-refractivity contribution < 1.29 is 14.6 Å². The number of pyridine rings is 1. The lowest BCUT2D eigenvalue weighted by molar-refractivity contribution is 0.0523. The first-order valence-corrected chi connectivity index (χ1v) is 5.36. The van der Waals surface area contributed by atoms with Gasteiger partial charge in [0.25, 0.3) is 0 Å². The Bertz CT molecular complexity index is 486. The summed E-state index contributed by atoms with van der Waals surface area (Å²) in [6.45, 7) is 5.42. The number of rotatable bonds is 2. The summed E-state index contributed by atoms with van der Waals surface area (Å²) >= 11 is 0. The molecule has 0 radical (unpaired) electrons. The van der Waals surface area contributed by atoms with E-state index < -0.39 is 11.7 Å². The van der Waals surface area contributed by atoms with Crippen molar-refractivity contribution in [3.05, 3.63) is 23.5 Å². The van der Waals surface area contributed by atoms with Gasteiger partial charge < -0.3 is 15.2 Å². The molecule has 0 fully saturated rings. The summed E-state index contributed by atoms with van der Waals surface area (Å²) in [5.41, 5.74) is 0.0192. The molecule has 0 aromatic carbocycles. The number of aromatic hydroxyl groups is 1. The van der Waals surface area contributed by atoms with Crippen LogP contribution >= 0.6 is 0 Å². The number of nitriles is 1. The van der Waals surface area contributed by atoms with Gasteiger partial charge in [-0.05, 0) is 26.8 Å². The lowest BCUT2D eigenvalue weighted by atomic mass is 10.2. The van der Waals surface area contributed by atoms with Crippen LogP contribution < -0.4 is 5.32 Å². The number of amides is 1. The Kier molecular flexibility index (Phi) is 4.10. The van der Waals surface area contributed by atoms with Gasteiger partial charge in [-0.1, -0.05) is 0 Å². The van der Waals surface area contributed by atoms with E-state index in [1.165, 1.54) is 12.3 Å². The third kappa shape index (κ3) is 4.29. The zero-order valence-corrected chi connectivity index (χ0v) is 10.5. The molecule has 0 spiro atoms. The monoisotopic (exact) mass is 249 g/mol. The third-order valence-electron chi connectivity index (χ3n) is 1.87. The molecule has 1 amide bonds. The molecule has 2 N–H and O–H groups in total. The van der Waals surface area contributed by atoms with Gasteiger partial charge in [0, 0.05) is 0 Å². The Morgan fingerprint density at radius 3 is 2.83 bits per heavy atom. The highest BCUT2D eigenvalue weighted by Gasteiger charge is 2.15. The normalized spacial score (nSPS) is 10.6. The summed E-state index contributed by atoms with van der Waals surface area (Å²) in [5, 5.41) is 20.5. The number of carbonyl (C=O) groups excluding carboxylic acids is 1. The van der Waals surface area contributed by atoms with E-state index in [4.69, 9.17) is 10.00 Å². The molecule has 1 aromatic heterocycles. The molecule has 1 rings (SSSR count). The van der Waals surface area contributed by atoms with E-state index >= 15 is 0 Å². The number of ether oxygens (including phenoxy) is 1. The topological polar surface area (TPSA) is 95.2 Å². The van der Waals surface area contributed by atoms with Crippen molar-refractivity contribution in [2.45, 2.75) is 32.9 Å². The molecule has 0 aliphatic rings. The van der Waals surface area contributed by atoms with Crippen LogP contribution in [0, 0.1) is 11.3 Å². The number of carbonyl (C=O) groups is 1. The quantitative estimate of drug-likeness (QED) is 0.831. The number of aromatic nitrogens is 1. The fourth-order valence-corrected chi connectivity index (χ4v) is 1.15. The number of hydrogen-bond donors (Lipinski definition) is 2. The van der Waals surface area contributed by atoms with E-state index in [-0.39, 0.29) is 17.9 Å². The van der Waals surface area contributed by atoms with Crippen LogP contribution in [0.2, 0.25) is 0 Å². The Morgan fingerprint density at radius 2 is 2.28 bits per heavy atom. The molecule has 0 bridgehead atoms. The SMILES string of the molecule is CC(C)(C)OC(=O)NCc1cc(C#N)c(O)cn1. The Morgan fingerprint density at radius 1 is 1.61 bits per heavy atom. The van der Waals surface area contributed by atoms with Gasteiger partial charge in [-0.25, -0.2) is 4.79 Å². The smallest absolute Gasteiger partial charge is 0.407 e. The minimum Gasteiger partial charge on any atom is -0.505 e. The molecule has 0 aliphatic heterocycles. The van der Waals surface area contributed by atoms with Gasteiger partial charge in [0.15, 0.2) is 5.75 Å². The summed E-state index contributed by atoms with van der Waals surface area (Å²) in [4.78, 5) is 15.3. The average Bonchev–Trinajstić information content (AvgIpc) is 2.25. The maximum absolute atomic E-state index is 11.4. The van der Waals surface area contributed by atoms with Gasteiger partial charge >= 0.3 is 6.09 Å². The van der Waals surface area contributed by atoms with Crippen molar-refractivity contribution in [3.8, 4) is 11.8 Å². The maximum atomic E-state index is 11.4. The summed E-state index contributed by atoms with van der Waals surface area (Å²) < 4.78 is 5.05. The van der Waals surface area contributed by atoms with Crippen molar-refractivity contribution in [1.82, 2.24) is 10.3 Å². The van der Waals surface area contributed by atoms with E-state index in [0.29, 0.717) is 5.69 Å². The van der Waals surface area contributed by atoms with Crippen LogP contribution in [0.15, 0.2) is 12.3 Å². The van der Waals surface area contributed by atoms with Gasteiger partial charge in [0.1, 0.15) is 11.7 Å². The van der Waals surface area contributed by atoms with E-state index in [9.17, 15) is 9.90 Å². The fraction of sp³-hybridized carbons (Fsp3) is 0.417. The lowest BCUT2D eigenvalue weighted by Gasteiger charge is -2.19. The van der Waals surface area contributed by atoms with Crippen molar-refractivity contribution in [2.75, 3.05) is 0 Å². The maximum Gasteiger partial charge on any atom is 0.407 e. The molecule has 6 heteroatoms. The molecule has 18 heavy (non-hydrogen) atoms. The highest BCUT2D eigenvalue weighted by atomic mass is 16.6. The minimum absolute atomic E-state index is 0.117. The van der Waals surface area contributed by atoms with E-state index in [2.05, 4.69) is 10.3 Å².